The molecule has 2 unspecified atom stereocenters. The zero-order valence-corrected chi connectivity index (χ0v) is 21.2. The normalized spacial score (nSPS) is 19.8. The number of benzene rings is 2. The highest BCUT2D eigenvalue weighted by atomic mass is 35.5. The lowest BCUT2D eigenvalue weighted by Gasteiger charge is -2.50. The minimum Gasteiger partial charge on any atom is -0.495 e. The lowest BCUT2D eigenvalue weighted by Crippen LogP contribution is -2.68. The van der Waals surface area contributed by atoms with Crippen LogP contribution in [0.2, 0.25) is 5.02 Å². The number of hydrogen-bond acceptors (Lipinski definition) is 5. The Hall–Kier alpha value is -2.65. The molecule has 7 nitrogen and oxygen atoms in total. The number of ether oxygens (including phenoxy) is 1. The molecule has 35 heavy (non-hydrogen) atoms. The minimum atomic E-state index is -0.244. The molecule has 4 rings (SSSR count). The molecule has 2 saturated heterocycles. The van der Waals surface area contributed by atoms with Crippen molar-refractivity contribution < 1.29 is 18.7 Å². The third-order valence-corrected chi connectivity index (χ3v) is 6.39. The molecule has 2 amide bonds. The van der Waals surface area contributed by atoms with Crippen molar-refractivity contribution in [2.45, 2.75) is 25.6 Å². The number of halogens is 3. The number of anilines is 1. The maximum absolute atomic E-state index is 13.2. The van der Waals surface area contributed by atoms with Gasteiger partial charge in [0.1, 0.15) is 11.6 Å². The first-order valence-corrected chi connectivity index (χ1v) is 11.5. The van der Waals surface area contributed by atoms with Crippen LogP contribution in [0.3, 0.4) is 0 Å². The van der Waals surface area contributed by atoms with E-state index in [2.05, 4.69) is 15.5 Å². The lowest BCUT2D eigenvalue weighted by atomic mass is 10.0. The Balaban J connectivity index is 0.00000342. The van der Waals surface area contributed by atoms with E-state index in [-0.39, 0.29) is 42.1 Å². The van der Waals surface area contributed by atoms with Crippen LogP contribution in [0.5, 0.6) is 5.75 Å². The quantitative estimate of drug-likeness (QED) is 0.567. The predicted molar refractivity (Wildman–Crippen MR) is 138 cm³/mol. The van der Waals surface area contributed by atoms with Crippen LogP contribution in [-0.4, -0.2) is 67.0 Å². The van der Waals surface area contributed by atoms with Gasteiger partial charge in [-0.15, -0.1) is 12.4 Å². The van der Waals surface area contributed by atoms with Gasteiger partial charge in [0.25, 0.3) is 0 Å². The van der Waals surface area contributed by atoms with Crippen molar-refractivity contribution in [3.63, 3.8) is 0 Å². The lowest BCUT2D eigenvalue weighted by molar-refractivity contribution is -0.136. The summed E-state index contributed by atoms with van der Waals surface area (Å²) >= 11 is 6.21. The van der Waals surface area contributed by atoms with Crippen molar-refractivity contribution >= 4 is 47.6 Å². The third kappa shape index (κ3) is 6.52. The third-order valence-electron chi connectivity index (χ3n) is 6.10. The van der Waals surface area contributed by atoms with Crippen LogP contribution in [0.15, 0.2) is 42.5 Å². The number of piperazine rings is 2. The topological polar surface area (TPSA) is 73.9 Å². The van der Waals surface area contributed by atoms with Gasteiger partial charge in [-0.1, -0.05) is 23.7 Å². The molecule has 10 heteroatoms. The number of fused-ring (bicyclic) bond motifs is 2. The van der Waals surface area contributed by atoms with E-state index in [1.807, 2.05) is 4.90 Å². The second-order valence-electron chi connectivity index (χ2n) is 8.62. The molecule has 2 aromatic carbocycles. The van der Waals surface area contributed by atoms with E-state index < -0.39 is 0 Å². The molecule has 0 spiro atoms. The SMILES string of the molecule is COc1cc(C=CC(=O)N2C3CNCC2CN(Cc2ccc(F)cc2)C3)c(NC(C)=O)cc1Cl.Cl. The average Bonchev–Trinajstić information content (AvgIpc) is 2.79. The fraction of sp³-hybridized carbons (Fsp3) is 0.360. The molecular formula is C25H29Cl2FN4O3. The minimum absolute atomic E-state index is 0. The van der Waals surface area contributed by atoms with Crippen LogP contribution in [0.4, 0.5) is 10.1 Å². The highest BCUT2D eigenvalue weighted by molar-refractivity contribution is 6.32. The van der Waals surface area contributed by atoms with Crippen LogP contribution in [0.25, 0.3) is 6.08 Å². The van der Waals surface area contributed by atoms with Crippen molar-refractivity contribution in [1.82, 2.24) is 15.1 Å². The van der Waals surface area contributed by atoms with Gasteiger partial charge in [-0.3, -0.25) is 14.5 Å². The Morgan fingerprint density at radius 2 is 1.86 bits per heavy atom. The molecule has 0 aromatic heterocycles. The summed E-state index contributed by atoms with van der Waals surface area (Å²) in [5.74, 6) is -0.106. The van der Waals surface area contributed by atoms with Gasteiger partial charge in [-0.25, -0.2) is 4.39 Å². The van der Waals surface area contributed by atoms with Crippen LogP contribution in [-0.2, 0) is 16.1 Å². The molecule has 2 heterocycles. The van der Waals surface area contributed by atoms with Crippen molar-refractivity contribution in [1.29, 1.82) is 0 Å². The summed E-state index contributed by atoms with van der Waals surface area (Å²) in [4.78, 5) is 29.1. The van der Waals surface area contributed by atoms with E-state index in [0.29, 0.717) is 35.1 Å². The second kappa shape index (κ2) is 11.9. The second-order valence-corrected chi connectivity index (χ2v) is 9.03. The monoisotopic (exact) mass is 522 g/mol. The van der Waals surface area contributed by atoms with Gasteiger partial charge in [0.2, 0.25) is 11.8 Å². The summed E-state index contributed by atoms with van der Waals surface area (Å²) in [7, 11) is 1.51. The number of carbonyl (C=O) groups is 2. The Bertz CT molecular complexity index is 1080. The van der Waals surface area contributed by atoms with E-state index in [9.17, 15) is 14.0 Å². The highest BCUT2D eigenvalue weighted by Crippen LogP contribution is 2.32. The molecule has 0 aliphatic carbocycles. The van der Waals surface area contributed by atoms with Gasteiger partial charge >= 0.3 is 0 Å². The highest BCUT2D eigenvalue weighted by Gasteiger charge is 2.39. The summed E-state index contributed by atoms with van der Waals surface area (Å²) in [6.45, 7) is 5.01. The summed E-state index contributed by atoms with van der Waals surface area (Å²) in [6.07, 6.45) is 3.22. The van der Waals surface area contributed by atoms with E-state index in [1.165, 1.54) is 32.2 Å². The molecule has 0 radical (unpaired) electrons. The first kappa shape index (κ1) is 26.9. The molecule has 188 valence electrons. The summed E-state index contributed by atoms with van der Waals surface area (Å²) in [6, 6.07) is 9.92. The molecular weight excluding hydrogens is 494 g/mol. The standard InChI is InChI=1S/C25H28ClFN4O3.ClH/c1-16(32)29-23-10-22(26)24(34-2)9-18(23)5-8-25(33)31-20-11-28-12-21(31)15-30(14-20)13-17-3-6-19(27)7-4-17;/h3-10,20-21,28H,11-15H2,1-2H3,(H,29,32);1H. The van der Waals surface area contributed by atoms with Crippen molar-refractivity contribution in [3.8, 4) is 5.75 Å². The number of hydrogen-bond donors (Lipinski definition) is 2. The maximum atomic E-state index is 13.2. The van der Waals surface area contributed by atoms with E-state index in [4.69, 9.17) is 16.3 Å². The van der Waals surface area contributed by atoms with Crippen molar-refractivity contribution in [3.05, 3.63) is 64.4 Å². The van der Waals surface area contributed by atoms with Gasteiger partial charge in [0.05, 0.1) is 24.2 Å². The van der Waals surface area contributed by atoms with Gasteiger partial charge < -0.3 is 20.3 Å². The summed E-state index contributed by atoms with van der Waals surface area (Å²) in [5.41, 5.74) is 2.19. The Morgan fingerprint density at radius 3 is 2.46 bits per heavy atom. The van der Waals surface area contributed by atoms with Gasteiger partial charge in [-0.2, -0.15) is 0 Å². The zero-order chi connectivity index (χ0) is 24.2. The molecule has 2 aliphatic rings. The Morgan fingerprint density at radius 1 is 1.20 bits per heavy atom. The fourth-order valence-electron chi connectivity index (χ4n) is 4.63. The number of nitrogens with one attached hydrogen (secondary N) is 2. The van der Waals surface area contributed by atoms with Crippen LogP contribution < -0.4 is 15.4 Å². The number of carbonyl (C=O) groups excluding carboxylic acids is 2. The molecule has 2 N–H and O–H groups in total. The predicted octanol–water partition coefficient (Wildman–Crippen LogP) is 3.57. The number of amides is 2. The van der Waals surface area contributed by atoms with E-state index in [0.717, 1.165) is 25.2 Å². The van der Waals surface area contributed by atoms with E-state index in [1.54, 1.807) is 30.3 Å². The fourth-order valence-corrected chi connectivity index (χ4v) is 4.87. The van der Waals surface area contributed by atoms with Crippen molar-refractivity contribution in [2.75, 3.05) is 38.6 Å². The smallest absolute Gasteiger partial charge is 0.247 e. The van der Waals surface area contributed by atoms with Crippen LogP contribution in [0.1, 0.15) is 18.1 Å². The van der Waals surface area contributed by atoms with Gasteiger partial charge in [0, 0.05) is 57.0 Å². The van der Waals surface area contributed by atoms with Crippen LogP contribution >= 0.6 is 24.0 Å². The number of methoxy groups -OCH3 is 1. The van der Waals surface area contributed by atoms with Crippen molar-refractivity contribution in [2.24, 2.45) is 0 Å². The molecule has 2 aromatic rings. The van der Waals surface area contributed by atoms with Gasteiger partial charge in [-0.05, 0) is 35.9 Å². The molecule has 2 aliphatic heterocycles. The number of rotatable bonds is 6. The van der Waals surface area contributed by atoms with E-state index >= 15 is 0 Å². The van der Waals surface area contributed by atoms with Crippen LogP contribution in [0, 0.1) is 5.82 Å². The molecule has 2 atom stereocenters. The molecule has 2 bridgehead atoms. The Labute approximate surface area is 215 Å². The maximum Gasteiger partial charge on any atom is 0.247 e. The van der Waals surface area contributed by atoms with Gasteiger partial charge in [0.15, 0.2) is 0 Å². The Kier molecular flexibility index (Phi) is 9.13. The average molecular weight is 523 g/mol. The first-order chi connectivity index (χ1) is 16.3. The largest absolute Gasteiger partial charge is 0.495 e. The first-order valence-electron chi connectivity index (χ1n) is 11.2. The summed E-state index contributed by atoms with van der Waals surface area (Å²) < 4.78 is 18.5. The molecule has 2 fully saturated rings. The number of nitrogens with zero attached hydrogens (tertiary/aromatic N) is 2. The summed E-state index contributed by atoms with van der Waals surface area (Å²) in [5, 5.41) is 6.53. The molecule has 0 saturated carbocycles. The zero-order valence-electron chi connectivity index (χ0n) is 19.6.